The average Bonchev–Trinajstić information content (AvgIpc) is 3.21. The molecule has 0 fully saturated rings. The molecule has 2 aromatic rings. The van der Waals surface area contributed by atoms with E-state index in [0.29, 0.717) is 19.6 Å². The Labute approximate surface area is 177 Å². The number of halogens is 1. The summed E-state index contributed by atoms with van der Waals surface area (Å²) in [7, 11) is 4.01. The zero-order valence-corrected chi connectivity index (χ0v) is 17.7. The Morgan fingerprint density at radius 2 is 1.86 bits per heavy atom. The monoisotopic (exact) mass is 414 g/mol. The van der Waals surface area contributed by atoms with Crippen molar-refractivity contribution in [3.8, 4) is 0 Å². The number of rotatable bonds is 10. The second kappa shape index (κ2) is 10.5. The molecule has 0 amide bonds. The maximum Gasteiger partial charge on any atom is 0.119 e. The van der Waals surface area contributed by atoms with Crippen LogP contribution in [0, 0.1) is 4.91 Å². The highest BCUT2D eigenvalue weighted by atomic mass is 35.5. The number of nitrogens with zero attached hydrogens (tertiary/aromatic N) is 4. The van der Waals surface area contributed by atoms with E-state index in [-0.39, 0.29) is 0 Å². The predicted molar refractivity (Wildman–Crippen MR) is 119 cm³/mol. The van der Waals surface area contributed by atoms with E-state index in [9.17, 15) is 4.91 Å². The molecule has 1 unspecified atom stereocenters. The van der Waals surface area contributed by atoms with Gasteiger partial charge < -0.3 is 9.64 Å². The Morgan fingerprint density at radius 3 is 2.52 bits per heavy atom. The van der Waals surface area contributed by atoms with Crippen molar-refractivity contribution in [3.63, 3.8) is 0 Å². The third-order valence-corrected chi connectivity index (χ3v) is 5.15. The van der Waals surface area contributed by atoms with Gasteiger partial charge in [-0.05, 0) is 49.5 Å². The van der Waals surface area contributed by atoms with Gasteiger partial charge >= 0.3 is 0 Å². The van der Waals surface area contributed by atoms with E-state index >= 15 is 0 Å². The molecule has 0 saturated heterocycles. The van der Waals surface area contributed by atoms with Gasteiger partial charge in [0.2, 0.25) is 0 Å². The van der Waals surface area contributed by atoms with E-state index in [4.69, 9.17) is 21.4 Å². The van der Waals surface area contributed by atoms with Crippen LogP contribution in [0.1, 0.15) is 30.0 Å². The summed E-state index contributed by atoms with van der Waals surface area (Å²) in [6.07, 6.45) is 1.46. The lowest BCUT2D eigenvalue weighted by Crippen LogP contribution is -2.18. The van der Waals surface area contributed by atoms with Crippen molar-refractivity contribution in [1.29, 1.82) is 0 Å². The molecular formula is C22H27ClN4O2. The summed E-state index contributed by atoms with van der Waals surface area (Å²) < 4.78 is 5.59. The van der Waals surface area contributed by atoms with Gasteiger partial charge in [0.1, 0.15) is 6.04 Å². The van der Waals surface area contributed by atoms with E-state index in [0.717, 1.165) is 47.1 Å². The third kappa shape index (κ3) is 6.10. The second-order valence-electron chi connectivity index (χ2n) is 7.34. The number of ether oxygens (including phenoxy) is 1. The van der Waals surface area contributed by atoms with Gasteiger partial charge in [-0.3, -0.25) is 5.01 Å². The first-order valence-electron chi connectivity index (χ1n) is 9.82. The summed E-state index contributed by atoms with van der Waals surface area (Å²) in [6.45, 7) is 2.86. The number of likely N-dealkylation sites (N-methyl/N-ethyl adjacent to an activating group) is 1. The van der Waals surface area contributed by atoms with Crippen molar-refractivity contribution in [3.05, 3.63) is 69.6 Å². The molecule has 2 aromatic carbocycles. The molecule has 0 N–H and O–H groups in total. The minimum absolute atomic E-state index is 0.393. The van der Waals surface area contributed by atoms with Gasteiger partial charge in [0.25, 0.3) is 0 Å². The van der Waals surface area contributed by atoms with Crippen LogP contribution < -0.4 is 5.01 Å². The van der Waals surface area contributed by atoms with Gasteiger partial charge in [-0.2, -0.15) is 10.0 Å². The molecule has 1 aliphatic rings. The Hall–Kier alpha value is -2.28. The standard InChI is InChI=1S/C22H27ClN4O2/c1-26(2)14-16-29-15-12-22(25-28)18-5-9-20(10-6-18)27-13-11-21(24-27)17-3-7-19(23)8-4-17/h3-10,22H,11-16H2,1-2H3. The summed E-state index contributed by atoms with van der Waals surface area (Å²) >= 11 is 5.97. The molecule has 0 spiro atoms. The third-order valence-electron chi connectivity index (χ3n) is 4.90. The van der Waals surface area contributed by atoms with Crippen molar-refractivity contribution in [2.75, 3.05) is 45.4 Å². The molecule has 1 heterocycles. The van der Waals surface area contributed by atoms with Crippen LogP contribution in [0.15, 0.2) is 58.8 Å². The van der Waals surface area contributed by atoms with Gasteiger partial charge in [0, 0.05) is 37.6 Å². The molecule has 0 radical (unpaired) electrons. The predicted octanol–water partition coefficient (Wildman–Crippen LogP) is 4.73. The topological polar surface area (TPSA) is 57.5 Å². The number of nitroso groups, excluding NO2 is 1. The van der Waals surface area contributed by atoms with Crippen LogP contribution in [0.3, 0.4) is 0 Å². The lowest BCUT2D eigenvalue weighted by molar-refractivity contribution is 0.112. The molecule has 154 valence electrons. The summed E-state index contributed by atoms with van der Waals surface area (Å²) in [6, 6.07) is 15.3. The molecular weight excluding hydrogens is 388 g/mol. The number of hydrazone groups is 1. The van der Waals surface area contributed by atoms with Gasteiger partial charge in [-0.1, -0.05) is 41.0 Å². The largest absolute Gasteiger partial charge is 0.380 e. The lowest BCUT2D eigenvalue weighted by atomic mass is 10.0. The van der Waals surface area contributed by atoms with Gasteiger partial charge in [-0.25, -0.2) is 0 Å². The Balaban J connectivity index is 1.57. The molecule has 0 aromatic heterocycles. The number of hydrogen-bond acceptors (Lipinski definition) is 6. The van der Waals surface area contributed by atoms with Crippen LogP contribution in [-0.4, -0.2) is 51.0 Å². The van der Waals surface area contributed by atoms with Crippen molar-refractivity contribution < 1.29 is 4.74 Å². The van der Waals surface area contributed by atoms with Crippen LogP contribution in [0.4, 0.5) is 5.69 Å². The van der Waals surface area contributed by atoms with E-state index in [2.05, 4.69) is 10.1 Å². The maximum atomic E-state index is 11.3. The van der Waals surface area contributed by atoms with E-state index in [1.54, 1.807) is 0 Å². The first-order valence-corrected chi connectivity index (χ1v) is 10.2. The molecule has 29 heavy (non-hydrogen) atoms. The molecule has 7 heteroatoms. The number of anilines is 1. The SMILES string of the molecule is CN(C)CCOCCC(N=O)c1ccc(N2CCC(c3ccc(Cl)cc3)=N2)cc1. The lowest BCUT2D eigenvalue weighted by Gasteiger charge is -2.15. The highest BCUT2D eigenvalue weighted by molar-refractivity contribution is 6.30. The fraction of sp³-hybridized carbons (Fsp3) is 0.409. The highest BCUT2D eigenvalue weighted by Gasteiger charge is 2.18. The molecule has 6 nitrogen and oxygen atoms in total. The van der Waals surface area contributed by atoms with Crippen LogP contribution in [0.5, 0.6) is 0 Å². The minimum atomic E-state index is -0.393. The van der Waals surface area contributed by atoms with Crippen LogP contribution >= 0.6 is 11.6 Å². The van der Waals surface area contributed by atoms with Crippen LogP contribution in [0.25, 0.3) is 0 Å². The quantitative estimate of drug-likeness (QED) is 0.416. The van der Waals surface area contributed by atoms with Crippen molar-refractivity contribution in [2.45, 2.75) is 18.9 Å². The first kappa shape index (κ1) is 21.4. The van der Waals surface area contributed by atoms with Crippen molar-refractivity contribution in [1.82, 2.24) is 4.90 Å². The van der Waals surface area contributed by atoms with E-state index < -0.39 is 6.04 Å². The normalized spacial score (nSPS) is 14.9. The minimum Gasteiger partial charge on any atom is -0.380 e. The zero-order valence-electron chi connectivity index (χ0n) is 16.9. The summed E-state index contributed by atoms with van der Waals surface area (Å²) in [5, 5.41) is 10.7. The van der Waals surface area contributed by atoms with Gasteiger partial charge in [0.05, 0.1) is 18.0 Å². The van der Waals surface area contributed by atoms with Crippen LogP contribution in [0.2, 0.25) is 5.02 Å². The van der Waals surface area contributed by atoms with Gasteiger partial charge in [-0.15, -0.1) is 0 Å². The number of hydrogen-bond donors (Lipinski definition) is 0. The number of benzene rings is 2. The van der Waals surface area contributed by atoms with E-state index in [1.807, 2.05) is 67.6 Å². The molecule has 1 aliphatic heterocycles. The second-order valence-corrected chi connectivity index (χ2v) is 7.78. The fourth-order valence-corrected chi connectivity index (χ4v) is 3.31. The summed E-state index contributed by atoms with van der Waals surface area (Å²) in [5.41, 5.74) is 4.05. The fourth-order valence-electron chi connectivity index (χ4n) is 3.18. The van der Waals surface area contributed by atoms with Crippen LogP contribution in [-0.2, 0) is 4.74 Å². The Morgan fingerprint density at radius 1 is 1.14 bits per heavy atom. The highest BCUT2D eigenvalue weighted by Crippen LogP contribution is 2.27. The zero-order chi connectivity index (χ0) is 20.6. The van der Waals surface area contributed by atoms with E-state index in [1.165, 1.54) is 0 Å². The Bertz CT molecular complexity index is 822. The summed E-state index contributed by atoms with van der Waals surface area (Å²) in [5.74, 6) is 0. The Kier molecular flexibility index (Phi) is 7.75. The molecule has 0 aliphatic carbocycles. The molecule has 0 bridgehead atoms. The maximum absolute atomic E-state index is 11.3. The molecule has 0 saturated carbocycles. The van der Waals surface area contributed by atoms with Crippen molar-refractivity contribution >= 4 is 23.0 Å². The first-order chi connectivity index (χ1) is 14.1. The summed E-state index contributed by atoms with van der Waals surface area (Å²) in [4.78, 5) is 13.3. The molecule has 1 atom stereocenters. The molecule has 3 rings (SSSR count). The smallest absolute Gasteiger partial charge is 0.119 e. The van der Waals surface area contributed by atoms with Crippen molar-refractivity contribution in [2.24, 2.45) is 10.3 Å². The van der Waals surface area contributed by atoms with Gasteiger partial charge in [0.15, 0.2) is 0 Å². The average molecular weight is 415 g/mol.